The minimum absolute atomic E-state index is 0.111. The summed E-state index contributed by atoms with van der Waals surface area (Å²) in [4.78, 5) is 0. The molecule has 0 saturated heterocycles. The van der Waals surface area contributed by atoms with Crippen molar-refractivity contribution in [2.75, 3.05) is 0 Å². The lowest BCUT2D eigenvalue weighted by molar-refractivity contribution is 0.281. The zero-order chi connectivity index (χ0) is 52.1. The summed E-state index contributed by atoms with van der Waals surface area (Å²) in [6.45, 7) is -0.222. The number of aliphatic hydroxyl groups excluding tert-OH is 2. The van der Waals surface area contributed by atoms with E-state index in [4.69, 9.17) is 9.47 Å². The summed E-state index contributed by atoms with van der Waals surface area (Å²) in [5.74, 6) is 2.58. The van der Waals surface area contributed by atoms with E-state index in [0.29, 0.717) is 23.0 Å². The van der Waals surface area contributed by atoms with Crippen LogP contribution in [0, 0.1) is 0 Å². The van der Waals surface area contributed by atoms with Gasteiger partial charge in [0.25, 0.3) is 0 Å². The molecule has 0 radical (unpaired) electrons. The fourth-order valence-corrected chi connectivity index (χ4v) is 11.3. The van der Waals surface area contributed by atoms with E-state index in [1.807, 2.05) is 36.4 Å². The molecule has 14 aromatic carbocycles. The maximum Gasteiger partial charge on any atom is 0.136 e. The molecule has 14 aromatic rings. The van der Waals surface area contributed by atoms with Crippen molar-refractivity contribution in [3.8, 4) is 78.6 Å². The van der Waals surface area contributed by atoms with E-state index in [2.05, 4.69) is 231 Å². The van der Waals surface area contributed by atoms with E-state index in [9.17, 15) is 10.2 Å². The molecule has 0 amide bonds. The Balaban J connectivity index is 1.01. The zero-order valence-electron chi connectivity index (χ0n) is 42.5. The van der Waals surface area contributed by atoms with Gasteiger partial charge in [-0.1, -0.05) is 194 Å². The Morgan fingerprint density at radius 2 is 0.513 bits per heavy atom. The summed E-state index contributed by atoms with van der Waals surface area (Å²) in [7, 11) is 0. The fourth-order valence-electron chi connectivity index (χ4n) is 11.3. The first-order valence-electron chi connectivity index (χ1n) is 26.4. The molecule has 4 nitrogen and oxygen atoms in total. The molecule has 14 rings (SSSR count). The molecule has 0 heterocycles. The highest BCUT2D eigenvalue weighted by atomic mass is 16.5. The predicted molar refractivity (Wildman–Crippen MR) is 324 cm³/mol. The second-order valence-corrected chi connectivity index (χ2v) is 20.2. The van der Waals surface area contributed by atoms with Gasteiger partial charge in [-0.3, -0.25) is 0 Å². The van der Waals surface area contributed by atoms with Crippen molar-refractivity contribution in [2.24, 2.45) is 0 Å². The van der Waals surface area contributed by atoms with Crippen molar-refractivity contribution in [3.05, 3.63) is 278 Å². The lowest BCUT2D eigenvalue weighted by Crippen LogP contribution is -1.98. The summed E-state index contributed by atoms with van der Waals surface area (Å²) in [6.07, 6.45) is 0. The molecule has 370 valence electrons. The molecule has 0 aliphatic carbocycles. The summed E-state index contributed by atoms with van der Waals surface area (Å²) >= 11 is 0. The van der Waals surface area contributed by atoms with E-state index < -0.39 is 0 Å². The first-order valence-corrected chi connectivity index (χ1v) is 26.4. The third-order valence-electron chi connectivity index (χ3n) is 15.4. The van der Waals surface area contributed by atoms with Gasteiger partial charge >= 0.3 is 0 Å². The van der Waals surface area contributed by atoms with Crippen LogP contribution in [0.15, 0.2) is 267 Å². The van der Waals surface area contributed by atoms with E-state index in [1.165, 1.54) is 21.5 Å². The molecule has 2 N–H and O–H groups in total. The number of ether oxygens (including phenoxy) is 2. The molecule has 0 atom stereocenters. The number of aliphatic hydroxyl groups is 2. The van der Waals surface area contributed by atoms with Gasteiger partial charge in [-0.25, -0.2) is 0 Å². The molecule has 0 aliphatic rings. The maximum absolute atomic E-state index is 10.5. The van der Waals surface area contributed by atoms with Crippen molar-refractivity contribution in [2.45, 2.75) is 13.2 Å². The van der Waals surface area contributed by atoms with Gasteiger partial charge in [-0.05, 0) is 182 Å². The van der Waals surface area contributed by atoms with Crippen LogP contribution in [0.5, 0.6) is 23.0 Å². The third-order valence-corrected chi connectivity index (χ3v) is 15.4. The van der Waals surface area contributed by atoms with Gasteiger partial charge in [0.05, 0.1) is 13.2 Å². The van der Waals surface area contributed by atoms with Crippen molar-refractivity contribution in [1.82, 2.24) is 0 Å². The quantitative estimate of drug-likeness (QED) is 0.136. The van der Waals surface area contributed by atoms with Gasteiger partial charge in [0.2, 0.25) is 0 Å². The molecule has 0 unspecified atom stereocenters. The molecule has 0 fully saturated rings. The predicted octanol–water partition coefficient (Wildman–Crippen LogP) is 19.5. The number of hydrogen-bond acceptors (Lipinski definition) is 4. The van der Waals surface area contributed by atoms with Gasteiger partial charge in [-0.15, -0.1) is 0 Å². The molecule has 0 spiro atoms. The standard InChI is InChI=1S/C74H50O4/c75-45-47-17-33-69(67(37-47)63-25-21-51-11-3-7-15-55(51)41-63)77-71-35-29-61-43-59(57-23-19-49-9-1-5-13-53(49)39-57)27-31-65(61)73(71)74-66-32-28-60(58-24-20-50-10-2-6-14-54(50)40-58)44-62(66)30-36-72(74)78-70-34-18-48(46-76)38-68(70)64-26-22-52-12-4-8-16-56(52)42-64/h1-44,75-76H,45-46H2. The molecule has 78 heavy (non-hydrogen) atoms. The van der Waals surface area contributed by atoms with E-state index in [-0.39, 0.29) is 13.2 Å². The van der Waals surface area contributed by atoms with Crippen LogP contribution in [0.1, 0.15) is 11.1 Å². The van der Waals surface area contributed by atoms with E-state index >= 15 is 0 Å². The minimum Gasteiger partial charge on any atom is -0.456 e. The van der Waals surface area contributed by atoms with E-state index in [1.54, 1.807) is 0 Å². The SMILES string of the molecule is OCc1ccc(Oc2ccc3cc(-c4ccc5ccccc5c4)ccc3c2-c2c(Oc3ccc(CO)cc3-c3ccc4ccccc4c3)ccc3cc(-c4ccc5ccccc5c4)ccc23)c(-c2ccc3ccccc3c2)c1. The van der Waals surface area contributed by atoms with Crippen LogP contribution in [0.2, 0.25) is 0 Å². The molecule has 0 bridgehead atoms. The second-order valence-electron chi connectivity index (χ2n) is 20.2. The normalized spacial score (nSPS) is 11.6. The smallest absolute Gasteiger partial charge is 0.136 e. The molecule has 4 heteroatoms. The molecule has 0 saturated carbocycles. The monoisotopic (exact) mass is 1000 g/mol. The Kier molecular flexibility index (Phi) is 11.8. The molecule has 0 aromatic heterocycles. The summed E-state index contributed by atoms with van der Waals surface area (Å²) < 4.78 is 14.8. The van der Waals surface area contributed by atoms with Crippen molar-refractivity contribution >= 4 is 64.6 Å². The van der Waals surface area contributed by atoms with Crippen molar-refractivity contribution in [3.63, 3.8) is 0 Å². The largest absolute Gasteiger partial charge is 0.456 e. The van der Waals surface area contributed by atoms with Crippen LogP contribution in [0.3, 0.4) is 0 Å². The van der Waals surface area contributed by atoms with Crippen molar-refractivity contribution < 1.29 is 19.7 Å². The van der Waals surface area contributed by atoms with Crippen LogP contribution in [0.25, 0.3) is 120 Å². The highest BCUT2D eigenvalue weighted by Gasteiger charge is 2.24. The highest BCUT2D eigenvalue weighted by Crippen LogP contribution is 2.51. The summed E-state index contributed by atoms with van der Waals surface area (Å²) in [6, 6.07) is 93.7. The Morgan fingerprint density at radius 3 is 0.872 bits per heavy atom. The number of fused-ring (bicyclic) bond motifs is 6. The minimum atomic E-state index is -0.111. The van der Waals surface area contributed by atoms with Crippen LogP contribution in [0.4, 0.5) is 0 Å². The molecular weight excluding hydrogens is 953 g/mol. The Labute approximate surface area is 451 Å². The Morgan fingerprint density at radius 1 is 0.231 bits per heavy atom. The zero-order valence-corrected chi connectivity index (χ0v) is 42.5. The second kappa shape index (κ2) is 19.7. The Bertz CT molecular complexity index is 4370. The van der Waals surface area contributed by atoms with Crippen LogP contribution in [-0.2, 0) is 13.2 Å². The van der Waals surface area contributed by atoms with Crippen LogP contribution in [-0.4, -0.2) is 10.2 Å². The summed E-state index contributed by atoms with van der Waals surface area (Å²) in [5.41, 5.74) is 11.4. The average Bonchev–Trinajstić information content (AvgIpc) is 3.65. The number of benzene rings is 14. The Hall–Kier alpha value is -9.84. The van der Waals surface area contributed by atoms with Crippen molar-refractivity contribution in [1.29, 1.82) is 0 Å². The topological polar surface area (TPSA) is 58.9 Å². The lowest BCUT2D eigenvalue weighted by atomic mass is 9.89. The van der Waals surface area contributed by atoms with Gasteiger partial charge in [0.15, 0.2) is 0 Å². The first-order chi connectivity index (χ1) is 38.5. The first kappa shape index (κ1) is 46.7. The van der Waals surface area contributed by atoms with Gasteiger partial charge in [0.1, 0.15) is 23.0 Å². The maximum atomic E-state index is 10.5. The average molecular weight is 1000 g/mol. The molecular formula is C74H50O4. The number of hydrogen-bond donors (Lipinski definition) is 2. The molecule has 0 aliphatic heterocycles. The highest BCUT2D eigenvalue weighted by molar-refractivity contribution is 6.11. The van der Waals surface area contributed by atoms with Gasteiger partial charge in [-0.2, -0.15) is 0 Å². The van der Waals surface area contributed by atoms with Gasteiger partial charge < -0.3 is 19.7 Å². The van der Waals surface area contributed by atoms with Gasteiger partial charge in [0, 0.05) is 22.3 Å². The van der Waals surface area contributed by atoms with Crippen LogP contribution >= 0.6 is 0 Å². The van der Waals surface area contributed by atoms with Crippen LogP contribution < -0.4 is 9.47 Å². The number of rotatable bonds is 11. The summed E-state index contributed by atoms with van der Waals surface area (Å²) in [5, 5.41) is 34.4. The third kappa shape index (κ3) is 8.65. The van der Waals surface area contributed by atoms with E-state index in [0.717, 1.165) is 110 Å². The fraction of sp³-hybridized carbons (Fsp3) is 0.0270. The lowest BCUT2D eigenvalue weighted by Gasteiger charge is -2.22.